The summed E-state index contributed by atoms with van der Waals surface area (Å²) in [5, 5.41) is 12.0. The Labute approximate surface area is 150 Å². The molecule has 0 radical (unpaired) electrons. The first-order chi connectivity index (χ1) is 12.5. The third-order valence-corrected chi connectivity index (χ3v) is 5.32. The minimum absolute atomic E-state index is 0.0618. The number of nitrogens with one attached hydrogen (secondary N) is 1. The first kappa shape index (κ1) is 16.4. The lowest BCUT2D eigenvalue weighted by atomic mass is 9.87. The normalized spacial score (nSPS) is 22.9. The van der Waals surface area contributed by atoms with Crippen molar-refractivity contribution in [3.63, 3.8) is 0 Å². The zero-order valence-electron chi connectivity index (χ0n) is 14.3. The van der Waals surface area contributed by atoms with E-state index in [4.69, 9.17) is 14.6 Å². The number of carbonyl (C=O) groups is 2. The van der Waals surface area contributed by atoms with Crippen LogP contribution in [0.4, 0.5) is 5.69 Å². The molecule has 6 nitrogen and oxygen atoms in total. The summed E-state index contributed by atoms with van der Waals surface area (Å²) in [6.07, 6.45) is 1.62. The van der Waals surface area contributed by atoms with Crippen LogP contribution in [0.25, 0.3) is 0 Å². The molecule has 1 fully saturated rings. The highest BCUT2D eigenvalue weighted by atomic mass is 16.5. The number of para-hydroxylation sites is 1. The Kier molecular flexibility index (Phi) is 3.83. The van der Waals surface area contributed by atoms with Gasteiger partial charge >= 0.3 is 5.97 Å². The van der Waals surface area contributed by atoms with Crippen LogP contribution in [0, 0.1) is 5.92 Å². The minimum atomic E-state index is -1.07. The summed E-state index contributed by atoms with van der Waals surface area (Å²) < 4.78 is 10.8. The molecule has 0 aromatic heterocycles. The maximum Gasteiger partial charge on any atom is 0.339 e. The van der Waals surface area contributed by atoms with E-state index < -0.39 is 5.97 Å². The number of fused-ring (bicyclic) bond motifs is 2. The predicted molar refractivity (Wildman–Crippen MR) is 94.9 cm³/mol. The smallest absolute Gasteiger partial charge is 0.339 e. The zero-order valence-corrected chi connectivity index (χ0v) is 14.3. The standard InChI is InChI=1S/C20H19NO5/c1-25-17-10-12(6-7-13(17)19(23)24)21-18(22)15-11-20(15)8-9-26-16-5-3-2-4-14(16)20/h2-7,10,15H,8-9,11H2,1H3,(H,21,22)(H,23,24)/t15-,20-/m0/s1. The van der Waals surface area contributed by atoms with Crippen molar-refractivity contribution in [2.24, 2.45) is 5.92 Å². The molecule has 1 saturated carbocycles. The van der Waals surface area contributed by atoms with E-state index in [0.717, 1.165) is 24.2 Å². The van der Waals surface area contributed by atoms with E-state index in [-0.39, 0.29) is 28.6 Å². The average molecular weight is 353 g/mol. The fourth-order valence-corrected chi connectivity index (χ4v) is 3.88. The second-order valence-corrected chi connectivity index (χ2v) is 6.72. The molecule has 0 unspecified atom stereocenters. The summed E-state index contributed by atoms with van der Waals surface area (Å²) >= 11 is 0. The molecule has 1 aliphatic carbocycles. The first-order valence-electron chi connectivity index (χ1n) is 8.50. The quantitative estimate of drug-likeness (QED) is 0.882. The molecule has 26 heavy (non-hydrogen) atoms. The van der Waals surface area contributed by atoms with Crippen molar-refractivity contribution in [2.45, 2.75) is 18.3 Å². The summed E-state index contributed by atoms with van der Waals surface area (Å²) in [6, 6.07) is 12.4. The number of rotatable bonds is 4. The Morgan fingerprint density at radius 3 is 2.85 bits per heavy atom. The van der Waals surface area contributed by atoms with E-state index in [0.29, 0.717) is 12.3 Å². The van der Waals surface area contributed by atoms with Gasteiger partial charge in [-0.25, -0.2) is 4.79 Å². The molecule has 0 bridgehead atoms. The number of anilines is 1. The number of carboxylic acid groups (broad SMARTS) is 1. The molecule has 2 atom stereocenters. The average Bonchev–Trinajstić information content (AvgIpc) is 3.36. The van der Waals surface area contributed by atoms with Crippen molar-refractivity contribution in [2.75, 3.05) is 19.0 Å². The third kappa shape index (κ3) is 2.58. The summed E-state index contributed by atoms with van der Waals surface area (Å²) in [7, 11) is 1.40. The van der Waals surface area contributed by atoms with Gasteiger partial charge in [-0.1, -0.05) is 18.2 Å². The largest absolute Gasteiger partial charge is 0.496 e. The van der Waals surface area contributed by atoms with Crippen LogP contribution in [0.5, 0.6) is 11.5 Å². The number of carboxylic acids is 1. The lowest BCUT2D eigenvalue weighted by molar-refractivity contribution is -0.117. The van der Waals surface area contributed by atoms with E-state index in [2.05, 4.69) is 5.32 Å². The molecule has 2 N–H and O–H groups in total. The van der Waals surface area contributed by atoms with Crippen LogP contribution in [0.2, 0.25) is 0 Å². The molecule has 2 aromatic rings. The van der Waals surface area contributed by atoms with Gasteiger partial charge in [0, 0.05) is 28.7 Å². The number of methoxy groups -OCH3 is 1. The molecule has 1 amide bonds. The van der Waals surface area contributed by atoms with Gasteiger partial charge in [-0.3, -0.25) is 4.79 Å². The van der Waals surface area contributed by atoms with E-state index in [1.54, 1.807) is 6.07 Å². The van der Waals surface area contributed by atoms with E-state index in [1.165, 1.54) is 19.2 Å². The third-order valence-electron chi connectivity index (χ3n) is 5.32. The molecule has 2 aromatic carbocycles. The zero-order chi connectivity index (χ0) is 18.3. The van der Waals surface area contributed by atoms with Crippen molar-refractivity contribution < 1.29 is 24.2 Å². The van der Waals surface area contributed by atoms with Gasteiger partial charge in [-0.15, -0.1) is 0 Å². The first-order valence-corrected chi connectivity index (χ1v) is 8.50. The molecule has 2 aliphatic rings. The van der Waals surface area contributed by atoms with Crippen LogP contribution in [0.3, 0.4) is 0 Å². The van der Waals surface area contributed by atoms with Crippen molar-refractivity contribution >= 4 is 17.6 Å². The molecule has 6 heteroatoms. The second-order valence-electron chi connectivity index (χ2n) is 6.72. The van der Waals surface area contributed by atoms with Crippen LogP contribution in [0.15, 0.2) is 42.5 Å². The lowest BCUT2D eigenvalue weighted by Gasteiger charge is -2.26. The number of benzene rings is 2. The van der Waals surface area contributed by atoms with E-state index in [9.17, 15) is 9.59 Å². The van der Waals surface area contributed by atoms with Gasteiger partial charge in [0.25, 0.3) is 0 Å². The summed E-state index contributed by atoms with van der Waals surface area (Å²) in [6.45, 7) is 0.613. The number of hydrogen-bond donors (Lipinski definition) is 2. The van der Waals surface area contributed by atoms with Crippen molar-refractivity contribution in [1.82, 2.24) is 0 Å². The van der Waals surface area contributed by atoms with Crippen LogP contribution in [-0.2, 0) is 10.2 Å². The van der Waals surface area contributed by atoms with Crippen LogP contribution >= 0.6 is 0 Å². The molecule has 4 rings (SSSR count). The molecular weight excluding hydrogens is 334 g/mol. The van der Waals surface area contributed by atoms with Crippen molar-refractivity contribution in [3.05, 3.63) is 53.6 Å². The van der Waals surface area contributed by atoms with Gasteiger partial charge in [-0.2, -0.15) is 0 Å². The summed E-state index contributed by atoms with van der Waals surface area (Å²) in [5.41, 5.74) is 1.54. The predicted octanol–water partition coefficient (Wildman–Crippen LogP) is 3.07. The van der Waals surface area contributed by atoms with Crippen molar-refractivity contribution in [3.8, 4) is 11.5 Å². The van der Waals surface area contributed by atoms with Gasteiger partial charge in [0.1, 0.15) is 17.1 Å². The molecule has 1 spiro atoms. The highest BCUT2D eigenvalue weighted by Crippen LogP contribution is 2.60. The molecule has 0 saturated heterocycles. The van der Waals surface area contributed by atoms with Crippen LogP contribution < -0.4 is 14.8 Å². The van der Waals surface area contributed by atoms with Crippen molar-refractivity contribution in [1.29, 1.82) is 0 Å². The Morgan fingerprint density at radius 2 is 2.08 bits per heavy atom. The fourth-order valence-electron chi connectivity index (χ4n) is 3.88. The van der Waals surface area contributed by atoms with Crippen LogP contribution in [-0.4, -0.2) is 30.7 Å². The van der Waals surface area contributed by atoms with Crippen LogP contribution in [0.1, 0.15) is 28.8 Å². The number of amides is 1. The Balaban J connectivity index is 1.54. The van der Waals surface area contributed by atoms with E-state index in [1.807, 2.05) is 24.3 Å². The van der Waals surface area contributed by atoms with Gasteiger partial charge in [0.15, 0.2) is 0 Å². The highest BCUT2D eigenvalue weighted by molar-refractivity contribution is 5.98. The fraction of sp³-hybridized carbons (Fsp3) is 0.300. The topological polar surface area (TPSA) is 84.9 Å². The minimum Gasteiger partial charge on any atom is -0.496 e. The van der Waals surface area contributed by atoms with E-state index >= 15 is 0 Å². The maximum absolute atomic E-state index is 12.8. The SMILES string of the molecule is COc1cc(NC(=O)[C@@H]2C[C@]23CCOc2ccccc23)ccc1C(=O)O. The van der Waals surface area contributed by atoms with Gasteiger partial charge in [0.2, 0.25) is 5.91 Å². The number of carbonyl (C=O) groups excluding carboxylic acids is 1. The number of ether oxygens (including phenoxy) is 2. The lowest BCUT2D eigenvalue weighted by Crippen LogP contribution is -2.26. The molecule has 134 valence electrons. The maximum atomic E-state index is 12.8. The second kappa shape index (κ2) is 6.05. The number of aromatic carboxylic acids is 1. The Hall–Kier alpha value is -3.02. The molecule has 1 aliphatic heterocycles. The van der Waals surface area contributed by atoms with Gasteiger partial charge < -0.3 is 19.9 Å². The highest BCUT2D eigenvalue weighted by Gasteiger charge is 2.60. The molecule has 1 heterocycles. The number of hydrogen-bond acceptors (Lipinski definition) is 4. The summed E-state index contributed by atoms with van der Waals surface area (Å²) in [4.78, 5) is 23.9. The van der Waals surface area contributed by atoms with Gasteiger partial charge in [0.05, 0.1) is 13.7 Å². The molecular formula is C20H19NO5. The Bertz CT molecular complexity index is 894. The monoisotopic (exact) mass is 353 g/mol. The summed E-state index contributed by atoms with van der Waals surface area (Å²) in [5.74, 6) is -0.164. The van der Waals surface area contributed by atoms with Gasteiger partial charge in [-0.05, 0) is 31.0 Å². The Morgan fingerprint density at radius 1 is 1.27 bits per heavy atom.